The largest absolute Gasteiger partial charge is 0.490 e. The fraction of sp³-hybridized carbons (Fsp3) is 0.538. The van der Waals surface area contributed by atoms with Gasteiger partial charge < -0.3 is 9.47 Å². The van der Waals surface area contributed by atoms with Crippen molar-refractivity contribution >= 4 is 0 Å². The van der Waals surface area contributed by atoms with Crippen molar-refractivity contribution in [3.05, 3.63) is 28.6 Å². The summed E-state index contributed by atoms with van der Waals surface area (Å²) in [6.07, 6.45) is -0.205. The van der Waals surface area contributed by atoms with Crippen LogP contribution in [0.15, 0.2) is 0 Å². The number of benzene rings is 1. The van der Waals surface area contributed by atoms with Crippen molar-refractivity contribution in [3.63, 3.8) is 0 Å². The van der Waals surface area contributed by atoms with Crippen LogP contribution in [0.3, 0.4) is 0 Å². The van der Waals surface area contributed by atoms with Gasteiger partial charge in [0, 0.05) is 5.56 Å². The van der Waals surface area contributed by atoms with Gasteiger partial charge in [0.1, 0.15) is 0 Å². The quantitative estimate of drug-likeness (QED) is 0.753. The van der Waals surface area contributed by atoms with Gasteiger partial charge in [0.2, 0.25) is 0 Å². The molecule has 0 atom stereocenters. The smallest absolute Gasteiger partial charge is 0.174 e. The van der Waals surface area contributed by atoms with Crippen molar-refractivity contribution in [2.75, 3.05) is 6.61 Å². The lowest BCUT2D eigenvalue weighted by Gasteiger charge is -2.15. The molecule has 0 N–H and O–H groups in total. The molecule has 1 aromatic rings. The summed E-state index contributed by atoms with van der Waals surface area (Å²) in [4.78, 5) is 0. The average Bonchev–Trinajstić information content (AvgIpc) is 2.31. The van der Waals surface area contributed by atoms with Crippen molar-refractivity contribution in [1.29, 1.82) is 0 Å². The molecule has 102 valence electrons. The van der Waals surface area contributed by atoms with Gasteiger partial charge in [-0.15, -0.1) is 0 Å². The third-order valence-electron chi connectivity index (χ3n) is 2.44. The fourth-order valence-electron chi connectivity index (χ4n) is 1.49. The highest BCUT2D eigenvalue weighted by Gasteiger charge is 2.23. The predicted octanol–water partition coefficient (Wildman–Crippen LogP) is 3.74. The van der Waals surface area contributed by atoms with E-state index in [9.17, 15) is 13.2 Å². The lowest BCUT2D eigenvalue weighted by molar-refractivity contribution is 0.0611. The molecule has 2 nitrogen and oxygen atoms in total. The average molecular weight is 262 g/mol. The predicted molar refractivity (Wildman–Crippen MR) is 62.1 cm³/mol. The van der Waals surface area contributed by atoms with Crippen LogP contribution in [0.5, 0.6) is 5.75 Å². The summed E-state index contributed by atoms with van der Waals surface area (Å²) in [5, 5.41) is 0. The van der Waals surface area contributed by atoms with E-state index in [1.165, 1.54) is 6.92 Å². The maximum Gasteiger partial charge on any atom is 0.174 e. The lowest BCUT2D eigenvalue weighted by atomic mass is 10.1. The number of rotatable bonds is 5. The number of ether oxygens (including phenoxy) is 2. The molecule has 0 fully saturated rings. The van der Waals surface area contributed by atoms with Crippen LogP contribution in [0.4, 0.5) is 13.2 Å². The standard InChI is InChI=1S/C13H17F3O2/c1-5-17-13-8(4)10(14)11(15)9(12(13)16)6-18-7(2)3/h7H,5-6H2,1-4H3. The van der Waals surface area contributed by atoms with Gasteiger partial charge in [0.15, 0.2) is 23.2 Å². The molecule has 0 spiro atoms. The van der Waals surface area contributed by atoms with Crippen LogP contribution in [0.25, 0.3) is 0 Å². The van der Waals surface area contributed by atoms with Crippen molar-refractivity contribution < 1.29 is 22.6 Å². The highest BCUT2D eigenvalue weighted by molar-refractivity contribution is 5.40. The molecule has 0 heterocycles. The second-order valence-electron chi connectivity index (χ2n) is 4.17. The minimum atomic E-state index is -1.21. The van der Waals surface area contributed by atoms with Gasteiger partial charge >= 0.3 is 0 Å². The second kappa shape index (κ2) is 6.09. The molecular weight excluding hydrogens is 245 g/mol. The molecule has 0 unspecified atom stereocenters. The van der Waals surface area contributed by atoms with E-state index in [0.717, 1.165) is 0 Å². The monoisotopic (exact) mass is 262 g/mol. The maximum atomic E-state index is 14.0. The Kier molecular flexibility index (Phi) is 5.02. The molecule has 1 aromatic carbocycles. The van der Waals surface area contributed by atoms with E-state index in [0.29, 0.717) is 0 Å². The second-order valence-corrected chi connectivity index (χ2v) is 4.17. The van der Waals surface area contributed by atoms with Gasteiger partial charge in [0.05, 0.1) is 24.9 Å². The first kappa shape index (κ1) is 14.8. The first-order chi connectivity index (χ1) is 8.40. The highest BCUT2D eigenvalue weighted by Crippen LogP contribution is 2.31. The summed E-state index contributed by atoms with van der Waals surface area (Å²) in [7, 11) is 0. The van der Waals surface area contributed by atoms with Crippen LogP contribution < -0.4 is 4.74 Å². The number of hydrogen-bond donors (Lipinski definition) is 0. The van der Waals surface area contributed by atoms with E-state index >= 15 is 0 Å². The fourth-order valence-corrected chi connectivity index (χ4v) is 1.49. The maximum absolute atomic E-state index is 14.0. The van der Waals surface area contributed by atoms with Crippen molar-refractivity contribution in [2.24, 2.45) is 0 Å². The molecule has 0 aliphatic carbocycles. The van der Waals surface area contributed by atoms with Crippen molar-refractivity contribution in [2.45, 2.75) is 40.4 Å². The summed E-state index contributed by atoms with van der Waals surface area (Å²) in [6.45, 7) is 6.22. The zero-order chi connectivity index (χ0) is 13.9. The Morgan fingerprint density at radius 3 is 2.17 bits per heavy atom. The van der Waals surface area contributed by atoms with Gasteiger partial charge in [-0.3, -0.25) is 0 Å². The number of hydrogen-bond acceptors (Lipinski definition) is 2. The molecule has 0 bridgehead atoms. The summed E-state index contributed by atoms with van der Waals surface area (Å²) >= 11 is 0. The van der Waals surface area contributed by atoms with Gasteiger partial charge in [-0.2, -0.15) is 0 Å². The van der Waals surface area contributed by atoms with Crippen LogP contribution in [0, 0.1) is 24.4 Å². The minimum absolute atomic E-state index is 0.167. The van der Waals surface area contributed by atoms with Crippen LogP contribution in [0.1, 0.15) is 31.9 Å². The molecule has 0 aliphatic heterocycles. The summed E-state index contributed by atoms with van der Waals surface area (Å²) in [5.74, 6) is -3.45. The first-order valence-corrected chi connectivity index (χ1v) is 5.80. The van der Waals surface area contributed by atoms with Gasteiger partial charge in [-0.1, -0.05) is 0 Å². The lowest BCUT2D eigenvalue weighted by Crippen LogP contribution is -2.11. The van der Waals surface area contributed by atoms with Crippen molar-refractivity contribution in [1.82, 2.24) is 0 Å². The van der Waals surface area contributed by atoms with Crippen molar-refractivity contribution in [3.8, 4) is 5.75 Å². The van der Waals surface area contributed by atoms with Crippen LogP contribution >= 0.6 is 0 Å². The van der Waals surface area contributed by atoms with Gasteiger partial charge in [-0.05, 0) is 27.7 Å². The molecule has 18 heavy (non-hydrogen) atoms. The molecule has 0 saturated carbocycles. The summed E-state index contributed by atoms with van der Waals surface area (Å²) < 4.78 is 51.4. The summed E-state index contributed by atoms with van der Waals surface area (Å²) in [5.41, 5.74) is -0.601. The highest BCUT2D eigenvalue weighted by atomic mass is 19.2. The first-order valence-electron chi connectivity index (χ1n) is 5.80. The SMILES string of the molecule is CCOc1c(C)c(F)c(F)c(COC(C)C)c1F. The van der Waals surface area contributed by atoms with Crippen LogP contribution in [-0.2, 0) is 11.3 Å². The molecule has 0 amide bonds. The zero-order valence-corrected chi connectivity index (χ0v) is 10.9. The molecular formula is C13H17F3O2. The van der Waals surface area contributed by atoms with Crippen LogP contribution in [-0.4, -0.2) is 12.7 Å². The van der Waals surface area contributed by atoms with E-state index < -0.39 is 23.0 Å². The Balaban J connectivity index is 3.23. The zero-order valence-electron chi connectivity index (χ0n) is 10.9. The van der Waals surface area contributed by atoms with Crippen LogP contribution in [0.2, 0.25) is 0 Å². The van der Waals surface area contributed by atoms with Gasteiger partial charge in [0.25, 0.3) is 0 Å². The Labute approximate surface area is 105 Å². The molecule has 0 aliphatic rings. The Bertz CT molecular complexity index is 431. The third-order valence-corrected chi connectivity index (χ3v) is 2.44. The van der Waals surface area contributed by atoms with E-state index in [2.05, 4.69) is 0 Å². The van der Waals surface area contributed by atoms with E-state index in [-0.39, 0.29) is 30.6 Å². The topological polar surface area (TPSA) is 18.5 Å². The Morgan fingerprint density at radius 2 is 1.67 bits per heavy atom. The molecule has 0 aromatic heterocycles. The normalized spacial score (nSPS) is 11.1. The Hall–Kier alpha value is -1.23. The van der Waals surface area contributed by atoms with E-state index in [1.807, 2.05) is 0 Å². The third kappa shape index (κ3) is 2.96. The summed E-state index contributed by atoms with van der Waals surface area (Å²) in [6, 6.07) is 0. The molecule has 0 saturated heterocycles. The van der Waals surface area contributed by atoms with E-state index in [4.69, 9.17) is 9.47 Å². The minimum Gasteiger partial charge on any atom is -0.490 e. The molecule has 5 heteroatoms. The molecule has 1 rings (SSSR count). The van der Waals surface area contributed by atoms with E-state index in [1.54, 1.807) is 20.8 Å². The number of halogens is 3. The van der Waals surface area contributed by atoms with Gasteiger partial charge in [-0.25, -0.2) is 13.2 Å². The molecule has 0 radical (unpaired) electrons. The Morgan fingerprint density at radius 1 is 1.06 bits per heavy atom.